The molecule has 0 radical (unpaired) electrons. The molecule has 7 heteroatoms. The second kappa shape index (κ2) is 6.65. The molecule has 0 spiro atoms. The van der Waals surface area contributed by atoms with E-state index in [0.29, 0.717) is 11.7 Å². The number of aromatic nitrogens is 6. The van der Waals surface area contributed by atoms with Gasteiger partial charge in [-0.25, -0.2) is 4.98 Å². The minimum absolute atomic E-state index is 0.107. The topological polar surface area (TPSA) is 69.4 Å². The molecule has 3 aromatic heterocycles. The van der Waals surface area contributed by atoms with Crippen LogP contribution in [0.5, 0.6) is 0 Å². The number of rotatable bonds is 3. The van der Waals surface area contributed by atoms with E-state index in [2.05, 4.69) is 31.4 Å². The van der Waals surface area contributed by atoms with Crippen molar-refractivity contribution in [1.29, 1.82) is 0 Å². The molecule has 0 aromatic carbocycles. The summed E-state index contributed by atoms with van der Waals surface area (Å²) in [6, 6.07) is 9.70. The molecule has 3 heterocycles. The molecular weight excluding hydrogens is 324 g/mol. The Hall–Kier alpha value is -2.34. The van der Waals surface area contributed by atoms with Crippen molar-refractivity contribution in [3.63, 3.8) is 0 Å². The van der Waals surface area contributed by atoms with E-state index in [9.17, 15) is 0 Å². The lowest BCUT2D eigenvalue weighted by Gasteiger charge is -2.30. The molecule has 0 amide bonds. The molecule has 3 atom stereocenters. The smallest absolute Gasteiger partial charge is 0.178 e. The molecule has 1 saturated carbocycles. The van der Waals surface area contributed by atoms with Crippen molar-refractivity contribution < 1.29 is 0 Å². The maximum atomic E-state index is 6.51. The van der Waals surface area contributed by atoms with E-state index < -0.39 is 0 Å². The van der Waals surface area contributed by atoms with Crippen LogP contribution in [-0.4, -0.2) is 35.6 Å². The third kappa shape index (κ3) is 3.14. The number of pyridine rings is 2. The van der Waals surface area contributed by atoms with Gasteiger partial charge in [0.05, 0.1) is 0 Å². The summed E-state index contributed by atoms with van der Waals surface area (Å²) in [6.45, 7) is 0. The zero-order chi connectivity index (χ0) is 16.4. The molecule has 0 saturated heterocycles. The van der Waals surface area contributed by atoms with Crippen LogP contribution in [0.3, 0.4) is 0 Å². The van der Waals surface area contributed by atoms with E-state index in [4.69, 9.17) is 11.6 Å². The van der Waals surface area contributed by atoms with Crippen LogP contribution in [0.15, 0.2) is 48.9 Å². The van der Waals surface area contributed by atoms with Crippen molar-refractivity contribution in [3.05, 3.63) is 60.3 Å². The predicted molar refractivity (Wildman–Crippen MR) is 90.2 cm³/mol. The first-order valence-electron chi connectivity index (χ1n) is 8.05. The van der Waals surface area contributed by atoms with E-state index in [1.807, 2.05) is 30.5 Å². The zero-order valence-corrected chi connectivity index (χ0v) is 13.8. The zero-order valence-electron chi connectivity index (χ0n) is 13.0. The van der Waals surface area contributed by atoms with Crippen LogP contribution in [0, 0.1) is 0 Å². The van der Waals surface area contributed by atoms with Crippen molar-refractivity contribution in [2.75, 3.05) is 0 Å². The lowest BCUT2D eigenvalue weighted by molar-refractivity contribution is 0.387. The van der Waals surface area contributed by atoms with Gasteiger partial charge in [0.2, 0.25) is 0 Å². The van der Waals surface area contributed by atoms with Gasteiger partial charge >= 0.3 is 0 Å². The van der Waals surface area contributed by atoms with Gasteiger partial charge in [-0.15, -0.1) is 26.6 Å². The van der Waals surface area contributed by atoms with Crippen molar-refractivity contribution in [2.24, 2.45) is 0 Å². The van der Waals surface area contributed by atoms with Crippen LogP contribution in [0.25, 0.3) is 5.82 Å². The quantitative estimate of drug-likeness (QED) is 0.685. The largest absolute Gasteiger partial charge is 0.264 e. The van der Waals surface area contributed by atoms with Crippen LogP contribution >= 0.6 is 11.6 Å². The van der Waals surface area contributed by atoms with Gasteiger partial charge < -0.3 is 0 Å². The van der Waals surface area contributed by atoms with Crippen LogP contribution in [0.4, 0.5) is 0 Å². The summed E-state index contributed by atoms with van der Waals surface area (Å²) in [5, 5.41) is 13.0. The van der Waals surface area contributed by atoms with Gasteiger partial charge in [-0.05, 0) is 54.2 Å². The van der Waals surface area contributed by atoms with Crippen molar-refractivity contribution in [1.82, 2.24) is 30.2 Å². The van der Waals surface area contributed by atoms with Crippen molar-refractivity contribution in [2.45, 2.75) is 36.5 Å². The molecular formula is C17H17ClN6. The first-order chi connectivity index (χ1) is 11.8. The third-order valence-electron chi connectivity index (χ3n) is 4.45. The van der Waals surface area contributed by atoms with Gasteiger partial charge in [-0.2, -0.15) is 0 Å². The normalized spacial score (nSPS) is 24.0. The molecule has 3 unspecified atom stereocenters. The molecule has 1 aliphatic carbocycles. The summed E-state index contributed by atoms with van der Waals surface area (Å²) in [6.07, 6.45) is 8.22. The van der Waals surface area contributed by atoms with E-state index in [1.165, 1.54) is 10.4 Å². The molecule has 0 N–H and O–H groups in total. The Morgan fingerprint density at radius 2 is 1.92 bits per heavy atom. The minimum Gasteiger partial charge on any atom is -0.264 e. The van der Waals surface area contributed by atoms with Gasteiger partial charge in [0.25, 0.3) is 0 Å². The molecule has 0 aliphatic heterocycles. The van der Waals surface area contributed by atoms with E-state index in [1.54, 1.807) is 12.4 Å². The second-order valence-corrected chi connectivity index (χ2v) is 6.73. The Morgan fingerprint density at radius 1 is 1.00 bits per heavy atom. The van der Waals surface area contributed by atoms with E-state index >= 15 is 0 Å². The summed E-state index contributed by atoms with van der Waals surface area (Å²) in [4.78, 5) is 9.95. The monoisotopic (exact) mass is 340 g/mol. The maximum absolute atomic E-state index is 6.51. The predicted octanol–water partition coefficient (Wildman–Crippen LogP) is 3.11. The van der Waals surface area contributed by atoms with Crippen molar-refractivity contribution in [3.8, 4) is 5.82 Å². The minimum atomic E-state index is 0.107. The fourth-order valence-corrected chi connectivity index (χ4v) is 3.74. The van der Waals surface area contributed by atoms with Crippen LogP contribution in [0.1, 0.15) is 42.5 Å². The summed E-state index contributed by atoms with van der Waals surface area (Å²) >= 11 is 6.51. The molecule has 24 heavy (non-hydrogen) atoms. The molecule has 0 bridgehead atoms. The number of alkyl halides is 1. The highest BCUT2D eigenvalue weighted by molar-refractivity contribution is 6.20. The standard InChI is InChI=1S/C17H17ClN6/c18-15-9-13(12-4-3-6-19-11-12)8-14(10-15)17-21-23-24(22-17)16-5-1-2-7-20-16/h1-7,11,13-15H,8-10H2. The van der Waals surface area contributed by atoms with Gasteiger partial charge in [0.1, 0.15) is 0 Å². The molecule has 4 rings (SSSR count). The Labute approximate surface area is 144 Å². The number of hydrogen-bond donors (Lipinski definition) is 0. The highest BCUT2D eigenvalue weighted by Crippen LogP contribution is 2.41. The molecule has 3 aromatic rings. The number of nitrogens with zero attached hydrogens (tertiary/aromatic N) is 6. The fourth-order valence-electron chi connectivity index (χ4n) is 3.31. The van der Waals surface area contributed by atoms with Crippen LogP contribution in [0.2, 0.25) is 0 Å². The van der Waals surface area contributed by atoms with Gasteiger partial charge in [-0.1, -0.05) is 12.1 Å². The lowest BCUT2D eigenvalue weighted by atomic mass is 9.78. The van der Waals surface area contributed by atoms with Gasteiger partial charge in [-0.3, -0.25) is 4.98 Å². The summed E-state index contributed by atoms with van der Waals surface area (Å²) < 4.78 is 0. The molecule has 1 fully saturated rings. The van der Waals surface area contributed by atoms with Crippen molar-refractivity contribution >= 4 is 11.6 Å². The average molecular weight is 341 g/mol. The number of hydrogen-bond acceptors (Lipinski definition) is 5. The van der Waals surface area contributed by atoms with Crippen LogP contribution in [-0.2, 0) is 0 Å². The Morgan fingerprint density at radius 3 is 2.71 bits per heavy atom. The molecule has 1 aliphatic rings. The van der Waals surface area contributed by atoms with Gasteiger partial charge in [0, 0.05) is 29.9 Å². The van der Waals surface area contributed by atoms with Gasteiger partial charge in [0.15, 0.2) is 11.6 Å². The van der Waals surface area contributed by atoms with Crippen LogP contribution < -0.4 is 0 Å². The number of halogens is 1. The second-order valence-electron chi connectivity index (χ2n) is 6.11. The summed E-state index contributed by atoms with van der Waals surface area (Å²) in [5.74, 6) is 1.98. The third-order valence-corrected chi connectivity index (χ3v) is 4.81. The Kier molecular flexibility index (Phi) is 4.21. The SMILES string of the molecule is ClC1CC(c2cccnc2)CC(c2nnn(-c3ccccn3)n2)C1. The van der Waals surface area contributed by atoms with E-state index in [-0.39, 0.29) is 11.3 Å². The fraction of sp³-hybridized carbons (Fsp3) is 0.353. The Balaban J connectivity index is 1.56. The first-order valence-corrected chi connectivity index (χ1v) is 8.48. The summed E-state index contributed by atoms with van der Waals surface area (Å²) in [7, 11) is 0. The van der Waals surface area contributed by atoms with E-state index in [0.717, 1.165) is 25.1 Å². The number of tetrazole rings is 1. The molecule has 122 valence electrons. The summed E-state index contributed by atoms with van der Waals surface area (Å²) in [5.41, 5.74) is 1.23. The maximum Gasteiger partial charge on any atom is 0.178 e. The molecule has 6 nitrogen and oxygen atoms in total. The lowest BCUT2D eigenvalue weighted by Crippen LogP contribution is -2.22. The Bertz CT molecular complexity index is 791. The first kappa shape index (κ1) is 15.2. The highest BCUT2D eigenvalue weighted by Gasteiger charge is 2.32. The highest BCUT2D eigenvalue weighted by atomic mass is 35.5. The average Bonchev–Trinajstić information content (AvgIpc) is 3.13.